The summed E-state index contributed by atoms with van der Waals surface area (Å²) in [5, 5.41) is 13.3. The van der Waals surface area contributed by atoms with E-state index in [9.17, 15) is 23.2 Å². The van der Waals surface area contributed by atoms with Gasteiger partial charge in [-0.25, -0.2) is 10.4 Å². The number of aromatic nitrogens is 2. The van der Waals surface area contributed by atoms with Gasteiger partial charge in [0.25, 0.3) is 5.56 Å². The van der Waals surface area contributed by atoms with Crippen LogP contribution in [0.5, 0.6) is 0 Å². The monoisotopic (exact) mass is 466 g/mol. The number of alkyl halides is 3. The third kappa shape index (κ3) is 5.09. The first-order valence-corrected chi connectivity index (χ1v) is 10.7. The third-order valence-corrected chi connectivity index (χ3v) is 5.49. The van der Waals surface area contributed by atoms with Crippen LogP contribution in [0.1, 0.15) is 36.0 Å². The number of rotatable bonds is 5. The highest BCUT2D eigenvalue weighted by atomic mass is 19.4. The number of nitriles is 1. The van der Waals surface area contributed by atoms with Crippen LogP contribution < -0.4 is 15.9 Å². The number of nitrogens with one attached hydrogen (secondary N) is 2. The fourth-order valence-electron chi connectivity index (χ4n) is 3.87. The first-order chi connectivity index (χ1) is 16.4. The summed E-state index contributed by atoms with van der Waals surface area (Å²) in [5.41, 5.74) is 2.17. The molecule has 7 nitrogen and oxygen atoms in total. The quantitative estimate of drug-likeness (QED) is 0.417. The molecule has 10 heteroatoms. The van der Waals surface area contributed by atoms with Crippen LogP contribution in [-0.2, 0) is 6.18 Å². The fourth-order valence-corrected chi connectivity index (χ4v) is 3.87. The average Bonchev–Trinajstić information content (AvgIpc) is 2.84. The minimum atomic E-state index is -4.51. The molecule has 0 atom stereocenters. The van der Waals surface area contributed by atoms with E-state index >= 15 is 0 Å². The molecule has 1 aliphatic heterocycles. The molecule has 0 bridgehead atoms. The average molecular weight is 466 g/mol. The maximum Gasteiger partial charge on any atom is 0.418 e. The molecular weight excluding hydrogens is 445 g/mol. The van der Waals surface area contributed by atoms with Crippen molar-refractivity contribution in [2.75, 3.05) is 23.4 Å². The predicted molar refractivity (Wildman–Crippen MR) is 124 cm³/mol. The van der Waals surface area contributed by atoms with Crippen LogP contribution in [0.3, 0.4) is 0 Å². The Morgan fingerprint density at radius 1 is 1.12 bits per heavy atom. The third-order valence-electron chi connectivity index (χ3n) is 5.49. The van der Waals surface area contributed by atoms with Gasteiger partial charge in [-0.05, 0) is 37.0 Å². The number of hydrazone groups is 1. The van der Waals surface area contributed by atoms with E-state index in [0.717, 1.165) is 25.3 Å². The predicted octanol–water partition coefficient (Wildman–Crippen LogP) is 4.76. The van der Waals surface area contributed by atoms with E-state index < -0.39 is 17.3 Å². The maximum atomic E-state index is 13.7. The van der Waals surface area contributed by atoms with E-state index in [4.69, 9.17) is 0 Å². The first kappa shape index (κ1) is 23.0. The Kier molecular flexibility index (Phi) is 6.63. The van der Waals surface area contributed by atoms with Gasteiger partial charge in [0.05, 0.1) is 17.5 Å². The molecule has 0 spiro atoms. The van der Waals surface area contributed by atoms with Gasteiger partial charge in [0.15, 0.2) is 0 Å². The zero-order valence-electron chi connectivity index (χ0n) is 18.1. The summed E-state index contributed by atoms with van der Waals surface area (Å²) in [4.78, 5) is 20.7. The van der Waals surface area contributed by atoms with E-state index in [1.165, 1.54) is 12.3 Å². The summed E-state index contributed by atoms with van der Waals surface area (Å²) in [5.74, 6) is -0.0416. The Morgan fingerprint density at radius 2 is 1.85 bits per heavy atom. The van der Waals surface area contributed by atoms with Crippen molar-refractivity contribution in [1.82, 2.24) is 9.97 Å². The minimum Gasteiger partial charge on any atom is -0.371 e. The molecule has 1 aliphatic rings. The summed E-state index contributed by atoms with van der Waals surface area (Å²) in [7, 11) is 0. The molecule has 2 aromatic carbocycles. The standard InChI is InChI=1S/C24H21F3N6O/c25-24(26,27)19-13-16(9-10-20(19)33-11-5-2-6-12-33)15-29-32-23-30-21(17-7-3-1-4-8-17)18(14-28)22(34)31-23/h1,3-4,7-10,13,15H,2,5-6,11-12H2,(H2,30,31,32,34). The van der Waals surface area contributed by atoms with Crippen LogP contribution in [0.25, 0.3) is 11.3 Å². The number of anilines is 2. The first-order valence-electron chi connectivity index (χ1n) is 10.7. The fraction of sp³-hybridized carbons (Fsp3) is 0.250. The van der Waals surface area contributed by atoms with Crippen LogP contribution in [0.4, 0.5) is 24.8 Å². The van der Waals surface area contributed by atoms with Crippen molar-refractivity contribution < 1.29 is 13.2 Å². The topological polar surface area (TPSA) is 97.2 Å². The van der Waals surface area contributed by atoms with E-state index in [0.29, 0.717) is 18.7 Å². The smallest absolute Gasteiger partial charge is 0.371 e. The minimum absolute atomic E-state index is 0.0416. The molecule has 0 saturated carbocycles. The lowest BCUT2D eigenvalue weighted by Gasteiger charge is -2.31. The normalized spacial score (nSPS) is 14.2. The van der Waals surface area contributed by atoms with Gasteiger partial charge in [0.2, 0.25) is 5.95 Å². The summed E-state index contributed by atoms with van der Waals surface area (Å²) in [6, 6.07) is 14.6. The van der Waals surface area contributed by atoms with Gasteiger partial charge >= 0.3 is 6.18 Å². The summed E-state index contributed by atoms with van der Waals surface area (Å²) < 4.78 is 41.2. The molecule has 3 aromatic rings. The number of hydrogen-bond donors (Lipinski definition) is 2. The molecule has 0 unspecified atom stereocenters. The molecule has 0 amide bonds. The molecule has 2 heterocycles. The van der Waals surface area contributed by atoms with Crippen molar-refractivity contribution in [3.8, 4) is 17.3 Å². The van der Waals surface area contributed by atoms with Gasteiger partial charge in [-0.15, -0.1) is 0 Å². The second-order valence-corrected chi connectivity index (χ2v) is 7.81. The van der Waals surface area contributed by atoms with Crippen molar-refractivity contribution in [2.45, 2.75) is 25.4 Å². The molecule has 1 aromatic heterocycles. The maximum absolute atomic E-state index is 13.7. The Bertz CT molecular complexity index is 1290. The van der Waals surface area contributed by atoms with Crippen LogP contribution >= 0.6 is 0 Å². The number of halogens is 3. The Hall–Kier alpha value is -4.13. The lowest BCUT2D eigenvalue weighted by molar-refractivity contribution is -0.137. The highest BCUT2D eigenvalue weighted by Crippen LogP contribution is 2.38. The van der Waals surface area contributed by atoms with Crippen molar-refractivity contribution in [3.63, 3.8) is 0 Å². The molecule has 0 aliphatic carbocycles. The van der Waals surface area contributed by atoms with Crippen LogP contribution in [-0.4, -0.2) is 29.3 Å². The zero-order chi connectivity index (χ0) is 24.1. The van der Waals surface area contributed by atoms with Crippen LogP contribution in [0, 0.1) is 11.3 Å². The van der Waals surface area contributed by atoms with Gasteiger partial charge in [-0.1, -0.05) is 36.4 Å². The number of aromatic amines is 1. The second-order valence-electron chi connectivity index (χ2n) is 7.81. The second kappa shape index (κ2) is 9.79. The number of nitrogens with zero attached hydrogens (tertiary/aromatic N) is 4. The highest BCUT2D eigenvalue weighted by Gasteiger charge is 2.35. The van der Waals surface area contributed by atoms with Gasteiger partial charge in [-0.3, -0.25) is 9.78 Å². The molecule has 4 rings (SSSR count). The lowest BCUT2D eigenvalue weighted by atomic mass is 10.0. The van der Waals surface area contributed by atoms with Crippen LogP contribution in [0.15, 0.2) is 58.4 Å². The van der Waals surface area contributed by atoms with Gasteiger partial charge in [-0.2, -0.15) is 23.5 Å². The van der Waals surface area contributed by atoms with E-state index in [2.05, 4.69) is 20.5 Å². The zero-order valence-corrected chi connectivity index (χ0v) is 18.1. The lowest BCUT2D eigenvalue weighted by Crippen LogP contribution is -2.31. The summed E-state index contributed by atoms with van der Waals surface area (Å²) in [6.07, 6.45) is -0.535. The molecule has 1 saturated heterocycles. The Morgan fingerprint density at radius 3 is 2.53 bits per heavy atom. The Balaban J connectivity index is 1.60. The number of H-pyrrole nitrogens is 1. The van der Waals surface area contributed by atoms with Gasteiger partial charge in [0, 0.05) is 24.3 Å². The Labute approximate surface area is 193 Å². The number of benzene rings is 2. The number of hydrogen-bond acceptors (Lipinski definition) is 6. The van der Waals surface area contributed by atoms with Crippen molar-refractivity contribution in [3.05, 3.63) is 75.6 Å². The molecule has 174 valence electrons. The van der Waals surface area contributed by atoms with Crippen molar-refractivity contribution in [1.29, 1.82) is 5.26 Å². The SMILES string of the molecule is N#Cc1c(-c2ccccc2)nc(NN=Cc2ccc(N3CCCCC3)c(C(F)(F)F)c2)[nH]c1=O. The molecule has 0 radical (unpaired) electrons. The van der Waals surface area contributed by atoms with E-state index in [1.807, 2.05) is 6.07 Å². The van der Waals surface area contributed by atoms with Gasteiger partial charge < -0.3 is 4.90 Å². The highest BCUT2D eigenvalue weighted by molar-refractivity contribution is 5.82. The van der Waals surface area contributed by atoms with E-state index in [1.54, 1.807) is 41.3 Å². The van der Waals surface area contributed by atoms with Crippen LogP contribution in [0.2, 0.25) is 0 Å². The molecule has 34 heavy (non-hydrogen) atoms. The molecule has 2 N–H and O–H groups in total. The van der Waals surface area contributed by atoms with E-state index in [-0.39, 0.29) is 28.5 Å². The largest absolute Gasteiger partial charge is 0.418 e. The molecule has 1 fully saturated rings. The molecular formula is C24H21F3N6O. The summed E-state index contributed by atoms with van der Waals surface area (Å²) >= 11 is 0. The van der Waals surface area contributed by atoms with Crippen molar-refractivity contribution >= 4 is 17.9 Å². The summed E-state index contributed by atoms with van der Waals surface area (Å²) in [6.45, 7) is 1.19. The van der Waals surface area contributed by atoms with Crippen molar-refractivity contribution in [2.24, 2.45) is 5.10 Å². The number of piperidine rings is 1. The van der Waals surface area contributed by atoms with Gasteiger partial charge in [0.1, 0.15) is 11.6 Å².